The molecule has 5 N–H and O–H groups in total. The lowest BCUT2D eigenvalue weighted by Gasteiger charge is -2.22. The number of phenols is 1. The Hall–Kier alpha value is -4.30. The van der Waals surface area contributed by atoms with Crippen LogP contribution in [-0.4, -0.2) is 45.9 Å². The standard InChI is InChI=1S/C28H29N3O5/c32-17-22(15-21-16-29-25-9-5-4-8-24(21)25)30-27(34)26(14-19-10-12-23(33)13-11-19)31-28(35)36-18-20-6-2-1-3-7-20/h1-13,16,22,26,29,32-33H,14-15,17-18H2,(H,30,34)(H,31,35)/t22-,26-/m0/s1. The van der Waals surface area contributed by atoms with E-state index in [0.717, 1.165) is 27.6 Å². The molecular weight excluding hydrogens is 458 g/mol. The Balaban J connectivity index is 1.44. The van der Waals surface area contributed by atoms with Gasteiger partial charge in [0, 0.05) is 23.5 Å². The highest BCUT2D eigenvalue weighted by atomic mass is 16.5. The summed E-state index contributed by atoms with van der Waals surface area (Å²) in [4.78, 5) is 29.0. The lowest BCUT2D eigenvalue weighted by atomic mass is 10.0. The number of fused-ring (bicyclic) bond motifs is 1. The van der Waals surface area contributed by atoms with Gasteiger partial charge >= 0.3 is 6.09 Å². The number of carbonyl (C=O) groups is 2. The number of alkyl carbamates (subject to hydrolysis) is 1. The first-order chi connectivity index (χ1) is 17.5. The number of phenolic OH excluding ortho intramolecular Hbond substituents is 1. The number of nitrogens with one attached hydrogen (secondary N) is 3. The van der Waals surface area contributed by atoms with E-state index in [1.165, 1.54) is 12.1 Å². The maximum absolute atomic E-state index is 13.2. The molecule has 0 unspecified atom stereocenters. The number of aromatic hydroxyl groups is 1. The molecule has 0 bridgehead atoms. The summed E-state index contributed by atoms with van der Waals surface area (Å²) in [6.45, 7) is -0.199. The highest BCUT2D eigenvalue weighted by Crippen LogP contribution is 2.19. The van der Waals surface area contributed by atoms with Crippen molar-refractivity contribution in [3.8, 4) is 5.75 Å². The molecule has 4 aromatic rings. The van der Waals surface area contributed by atoms with Crippen molar-refractivity contribution in [3.05, 3.63) is 102 Å². The van der Waals surface area contributed by atoms with Crippen LogP contribution in [0.15, 0.2) is 85.1 Å². The largest absolute Gasteiger partial charge is 0.508 e. The molecule has 4 rings (SSSR count). The van der Waals surface area contributed by atoms with Crippen LogP contribution in [0.5, 0.6) is 5.75 Å². The summed E-state index contributed by atoms with van der Waals surface area (Å²) >= 11 is 0. The molecule has 8 nitrogen and oxygen atoms in total. The SMILES string of the molecule is O=C(N[C@@H](Cc1ccc(O)cc1)C(=O)N[C@H](CO)Cc1c[nH]c2ccccc12)OCc1ccccc1. The number of ether oxygens (including phenoxy) is 1. The fourth-order valence-corrected chi connectivity index (χ4v) is 4.01. The Bertz CT molecular complexity index is 1290. The fourth-order valence-electron chi connectivity index (χ4n) is 4.01. The second kappa shape index (κ2) is 11.9. The van der Waals surface area contributed by atoms with E-state index >= 15 is 0 Å². The molecule has 2 amide bonds. The second-order valence-corrected chi connectivity index (χ2v) is 8.58. The average Bonchev–Trinajstić information content (AvgIpc) is 3.31. The topological polar surface area (TPSA) is 124 Å². The summed E-state index contributed by atoms with van der Waals surface area (Å²) in [7, 11) is 0. The Morgan fingerprint density at radius 1 is 0.861 bits per heavy atom. The lowest BCUT2D eigenvalue weighted by Crippen LogP contribution is -2.52. The Labute approximate surface area is 208 Å². The van der Waals surface area contributed by atoms with Crippen LogP contribution < -0.4 is 10.6 Å². The van der Waals surface area contributed by atoms with Crippen LogP contribution >= 0.6 is 0 Å². The van der Waals surface area contributed by atoms with E-state index in [2.05, 4.69) is 15.6 Å². The van der Waals surface area contributed by atoms with Gasteiger partial charge in [-0.2, -0.15) is 0 Å². The molecular formula is C28H29N3O5. The van der Waals surface area contributed by atoms with Crippen molar-refractivity contribution in [1.29, 1.82) is 0 Å². The molecule has 2 atom stereocenters. The summed E-state index contributed by atoms with van der Waals surface area (Å²) in [6.07, 6.45) is 1.73. The third-order valence-electron chi connectivity index (χ3n) is 5.91. The second-order valence-electron chi connectivity index (χ2n) is 8.58. The predicted molar refractivity (Wildman–Crippen MR) is 136 cm³/mol. The molecule has 0 saturated heterocycles. The summed E-state index contributed by atoms with van der Waals surface area (Å²) in [6, 6.07) is 22.0. The van der Waals surface area contributed by atoms with E-state index in [1.54, 1.807) is 12.1 Å². The molecule has 0 fully saturated rings. The van der Waals surface area contributed by atoms with E-state index < -0.39 is 24.1 Å². The van der Waals surface area contributed by atoms with Crippen molar-refractivity contribution >= 4 is 22.9 Å². The molecule has 0 radical (unpaired) electrons. The molecule has 3 aromatic carbocycles. The number of benzene rings is 3. The number of aliphatic hydroxyl groups is 1. The molecule has 0 aliphatic rings. The van der Waals surface area contributed by atoms with E-state index in [4.69, 9.17) is 4.74 Å². The summed E-state index contributed by atoms with van der Waals surface area (Å²) < 4.78 is 5.31. The maximum Gasteiger partial charge on any atom is 0.408 e. The minimum atomic E-state index is -0.949. The number of aromatic amines is 1. The Kier molecular flexibility index (Phi) is 8.20. The van der Waals surface area contributed by atoms with Gasteiger partial charge in [-0.1, -0.05) is 60.7 Å². The number of hydrogen-bond donors (Lipinski definition) is 5. The molecule has 0 aliphatic heterocycles. The number of rotatable bonds is 10. The van der Waals surface area contributed by atoms with E-state index in [9.17, 15) is 19.8 Å². The molecule has 0 saturated carbocycles. The van der Waals surface area contributed by atoms with Gasteiger partial charge in [0.1, 0.15) is 18.4 Å². The molecule has 1 aromatic heterocycles. The van der Waals surface area contributed by atoms with Crippen LogP contribution in [0.4, 0.5) is 4.79 Å². The normalized spacial score (nSPS) is 12.6. The van der Waals surface area contributed by atoms with Gasteiger partial charge in [-0.15, -0.1) is 0 Å². The van der Waals surface area contributed by atoms with Crippen molar-refractivity contribution in [1.82, 2.24) is 15.6 Å². The predicted octanol–water partition coefficient (Wildman–Crippen LogP) is 3.43. The van der Waals surface area contributed by atoms with Gasteiger partial charge in [0.15, 0.2) is 0 Å². The lowest BCUT2D eigenvalue weighted by molar-refractivity contribution is -0.124. The zero-order valence-corrected chi connectivity index (χ0v) is 19.7. The van der Waals surface area contributed by atoms with Gasteiger partial charge in [-0.25, -0.2) is 4.79 Å². The zero-order valence-electron chi connectivity index (χ0n) is 19.7. The molecule has 1 heterocycles. The molecule has 0 aliphatic carbocycles. The number of aromatic nitrogens is 1. The average molecular weight is 488 g/mol. The van der Waals surface area contributed by atoms with Crippen LogP contribution in [-0.2, 0) is 29.0 Å². The zero-order chi connectivity index (χ0) is 25.3. The summed E-state index contributed by atoms with van der Waals surface area (Å²) in [5, 5.41) is 26.1. The number of H-pyrrole nitrogens is 1. The first kappa shape index (κ1) is 24.8. The quantitative estimate of drug-likeness (QED) is 0.235. The van der Waals surface area contributed by atoms with Crippen LogP contribution in [0.3, 0.4) is 0 Å². The van der Waals surface area contributed by atoms with Crippen LogP contribution in [0, 0.1) is 0 Å². The van der Waals surface area contributed by atoms with Gasteiger partial charge in [0.05, 0.1) is 12.6 Å². The third kappa shape index (κ3) is 6.64. The van der Waals surface area contributed by atoms with Gasteiger partial charge in [0.2, 0.25) is 5.91 Å². The number of amides is 2. The van der Waals surface area contributed by atoms with Crippen molar-refractivity contribution in [2.75, 3.05) is 6.61 Å². The Morgan fingerprint density at radius 2 is 1.58 bits per heavy atom. The van der Waals surface area contributed by atoms with Gasteiger partial charge in [-0.05, 0) is 41.3 Å². The minimum absolute atomic E-state index is 0.0695. The van der Waals surface area contributed by atoms with Gasteiger partial charge in [0.25, 0.3) is 0 Å². The first-order valence-corrected chi connectivity index (χ1v) is 11.7. The van der Waals surface area contributed by atoms with Crippen LogP contribution in [0.1, 0.15) is 16.7 Å². The summed E-state index contributed by atoms with van der Waals surface area (Å²) in [5.41, 5.74) is 3.51. The maximum atomic E-state index is 13.2. The van der Waals surface area contributed by atoms with Crippen LogP contribution in [0.2, 0.25) is 0 Å². The summed E-state index contributed by atoms with van der Waals surface area (Å²) in [5.74, 6) is -0.340. The monoisotopic (exact) mass is 487 g/mol. The van der Waals surface area contributed by atoms with Crippen molar-refractivity contribution in [2.45, 2.75) is 31.5 Å². The smallest absolute Gasteiger partial charge is 0.408 e. The van der Waals surface area contributed by atoms with E-state index in [1.807, 2.05) is 60.8 Å². The Morgan fingerprint density at radius 3 is 2.33 bits per heavy atom. The van der Waals surface area contributed by atoms with Gasteiger partial charge in [-0.3, -0.25) is 4.79 Å². The van der Waals surface area contributed by atoms with Crippen molar-refractivity contribution < 1.29 is 24.5 Å². The molecule has 0 spiro atoms. The van der Waals surface area contributed by atoms with Crippen LogP contribution in [0.25, 0.3) is 10.9 Å². The molecule has 36 heavy (non-hydrogen) atoms. The number of hydrogen-bond acceptors (Lipinski definition) is 5. The van der Waals surface area contributed by atoms with Crippen molar-refractivity contribution in [2.24, 2.45) is 0 Å². The first-order valence-electron chi connectivity index (χ1n) is 11.7. The van der Waals surface area contributed by atoms with Crippen molar-refractivity contribution in [3.63, 3.8) is 0 Å². The third-order valence-corrected chi connectivity index (χ3v) is 5.91. The number of carbonyl (C=O) groups excluding carboxylic acids is 2. The molecule has 186 valence electrons. The highest BCUT2D eigenvalue weighted by Gasteiger charge is 2.25. The number of para-hydroxylation sites is 1. The fraction of sp³-hybridized carbons (Fsp3) is 0.214. The molecule has 8 heteroatoms. The minimum Gasteiger partial charge on any atom is -0.508 e. The van der Waals surface area contributed by atoms with E-state index in [0.29, 0.717) is 6.42 Å². The number of aliphatic hydroxyl groups excluding tert-OH is 1. The van der Waals surface area contributed by atoms with E-state index in [-0.39, 0.29) is 25.4 Å². The van der Waals surface area contributed by atoms with Gasteiger partial charge < -0.3 is 30.6 Å². The highest BCUT2D eigenvalue weighted by molar-refractivity contribution is 5.86.